The van der Waals surface area contributed by atoms with Crippen molar-refractivity contribution in [2.24, 2.45) is 0 Å². The monoisotopic (exact) mass is 252 g/mol. The van der Waals surface area contributed by atoms with E-state index in [9.17, 15) is 10.1 Å². The van der Waals surface area contributed by atoms with Crippen LogP contribution in [0.4, 0.5) is 11.5 Å². The van der Waals surface area contributed by atoms with Crippen LogP contribution in [0.2, 0.25) is 0 Å². The lowest BCUT2D eigenvalue weighted by molar-refractivity contribution is -0.384. The number of anilines is 1. The molecule has 0 radical (unpaired) electrons. The highest BCUT2D eigenvalue weighted by Crippen LogP contribution is 2.25. The third-order valence-electron chi connectivity index (χ3n) is 2.00. The van der Waals surface area contributed by atoms with Crippen LogP contribution in [0.25, 0.3) is 0 Å². The van der Waals surface area contributed by atoms with Crippen molar-refractivity contribution in [2.45, 2.75) is 0 Å². The van der Waals surface area contributed by atoms with Gasteiger partial charge in [-0.25, -0.2) is 4.98 Å². The van der Waals surface area contributed by atoms with Gasteiger partial charge in [-0.15, -0.1) is 0 Å². The number of hydrogen-bond acceptors (Lipinski definition) is 7. The highest BCUT2D eigenvalue weighted by atomic mass is 16.6. The zero-order valence-corrected chi connectivity index (χ0v) is 9.50. The highest BCUT2D eigenvalue weighted by Gasteiger charge is 2.20. The Kier molecular flexibility index (Phi) is 5.50. The van der Waals surface area contributed by atoms with E-state index in [1.807, 2.05) is 0 Å². The van der Waals surface area contributed by atoms with Gasteiger partial charge in [-0.05, 0) is 6.07 Å². The van der Waals surface area contributed by atoms with E-state index in [1.54, 1.807) is 6.07 Å². The second-order valence-electron chi connectivity index (χ2n) is 3.19. The zero-order valence-electron chi connectivity index (χ0n) is 9.50. The maximum Gasteiger partial charge on any atom is 0.328 e. The molecule has 1 aromatic heterocycles. The molecule has 0 bridgehead atoms. The fraction of sp³-hybridized carbons (Fsp3) is 0.400. The summed E-state index contributed by atoms with van der Waals surface area (Å²) in [7, 11) is 0. The van der Waals surface area contributed by atoms with Gasteiger partial charge in [0.25, 0.3) is 0 Å². The van der Waals surface area contributed by atoms with Gasteiger partial charge in [0.05, 0.1) is 24.7 Å². The Hall–Kier alpha value is -2.24. The van der Waals surface area contributed by atoms with Crippen molar-refractivity contribution >= 4 is 11.5 Å². The summed E-state index contributed by atoms with van der Waals surface area (Å²) in [6, 6.07) is 3.03. The van der Waals surface area contributed by atoms with Gasteiger partial charge in [0.2, 0.25) is 5.82 Å². The van der Waals surface area contributed by atoms with E-state index < -0.39 is 4.92 Å². The lowest BCUT2D eigenvalue weighted by Crippen LogP contribution is -2.13. The first kappa shape index (κ1) is 13.8. The minimum atomic E-state index is -0.650. The summed E-state index contributed by atoms with van der Waals surface area (Å²) >= 11 is 0. The smallest absolute Gasteiger partial charge is 0.328 e. The fourth-order valence-corrected chi connectivity index (χ4v) is 1.27. The predicted molar refractivity (Wildman–Crippen MR) is 62.0 cm³/mol. The van der Waals surface area contributed by atoms with Crippen molar-refractivity contribution < 1.29 is 14.8 Å². The number of ether oxygens (including phenoxy) is 1. The molecule has 8 nitrogen and oxygen atoms in total. The molecule has 8 heteroatoms. The predicted octanol–water partition coefficient (Wildman–Crippen LogP) is 0.282. The average Bonchev–Trinajstić information content (AvgIpc) is 2.37. The molecule has 0 saturated heterocycles. The minimum absolute atomic E-state index is 0.0339. The molecule has 0 unspecified atom stereocenters. The number of nitrogens with one attached hydrogen (secondary N) is 1. The first-order valence-electron chi connectivity index (χ1n) is 5.16. The molecule has 1 rings (SSSR count). The van der Waals surface area contributed by atoms with Gasteiger partial charge in [-0.2, -0.15) is 5.26 Å². The summed E-state index contributed by atoms with van der Waals surface area (Å²) in [6.07, 6.45) is 1.32. The van der Waals surface area contributed by atoms with E-state index in [0.717, 1.165) is 0 Å². The van der Waals surface area contributed by atoms with Crippen LogP contribution >= 0.6 is 0 Å². The summed E-state index contributed by atoms with van der Waals surface area (Å²) in [5.74, 6) is 0.0339. The fourth-order valence-electron chi connectivity index (χ4n) is 1.27. The standard InChI is InChI=1S/C10H12N4O4/c11-7-8-1-2-12-10(9(8)14(16)17)13-3-5-18-6-4-15/h1-2,15H,3-6H2,(H,12,13). The molecule has 0 aliphatic rings. The van der Waals surface area contributed by atoms with Crippen LogP contribution in [-0.4, -0.2) is 41.4 Å². The molecule has 0 aliphatic heterocycles. The molecule has 0 saturated carbocycles. The van der Waals surface area contributed by atoms with Crippen molar-refractivity contribution in [3.63, 3.8) is 0 Å². The van der Waals surface area contributed by atoms with Crippen LogP contribution in [-0.2, 0) is 4.74 Å². The summed E-state index contributed by atoms with van der Waals surface area (Å²) in [6.45, 7) is 0.691. The van der Waals surface area contributed by atoms with Crippen molar-refractivity contribution in [2.75, 3.05) is 31.7 Å². The Bertz CT molecular complexity index is 458. The Morgan fingerprint density at radius 2 is 2.39 bits per heavy atom. The van der Waals surface area contributed by atoms with Gasteiger partial charge < -0.3 is 15.2 Å². The molecule has 18 heavy (non-hydrogen) atoms. The van der Waals surface area contributed by atoms with E-state index in [-0.39, 0.29) is 36.9 Å². The lowest BCUT2D eigenvalue weighted by atomic mass is 10.2. The Balaban J connectivity index is 2.71. The topological polar surface area (TPSA) is 121 Å². The van der Waals surface area contributed by atoms with Crippen LogP contribution < -0.4 is 5.32 Å². The number of pyridine rings is 1. The van der Waals surface area contributed by atoms with E-state index in [1.165, 1.54) is 12.3 Å². The SMILES string of the molecule is N#Cc1ccnc(NCCOCCO)c1[N+](=O)[O-]. The van der Waals surface area contributed by atoms with Crippen molar-refractivity contribution in [3.05, 3.63) is 27.9 Å². The van der Waals surface area contributed by atoms with E-state index in [0.29, 0.717) is 6.54 Å². The molecule has 0 atom stereocenters. The number of nitriles is 1. The molecule has 0 spiro atoms. The normalized spacial score (nSPS) is 9.78. The molecule has 0 aliphatic carbocycles. The third-order valence-corrected chi connectivity index (χ3v) is 2.00. The first-order valence-corrected chi connectivity index (χ1v) is 5.16. The van der Waals surface area contributed by atoms with Gasteiger partial charge in [0.1, 0.15) is 11.6 Å². The Labute approximate surface area is 103 Å². The van der Waals surface area contributed by atoms with Gasteiger partial charge in [0.15, 0.2) is 0 Å². The largest absolute Gasteiger partial charge is 0.394 e. The van der Waals surface area contributed by atoms with Crippen molar-refractivity contribution in [1.82, 2.24) is 4.98 Å². The number of rotatable bonds is 7. The van der Waals surface area contributed by atoms with Gasteiger partial charge in [-0.1, -0.05) is 0 Å². The maximum atomic E-state index is 10.8. The zero-order chi connectivity index (χ0) is 13.4. The summed E-state index contributed by atoms with van der Waals surface area (Å²) < 4.78 is 4.99. The molecule has 96 valence electrons. The molecule has 2 N–H and O–H groups in total. The molecule has 0 aromatic carbocycles. The molecule has 0 amide bonds. The molecule has 0 fully saturated rings. The number of aliphatic hydroxyl groups excluding tert-OH is 1. The van der Waals surface area contributed by atoms with Crippen molar-refractivity contribution in [1.29, 1.82) is 5.26 Å². The van der Waals surface area contributed by atoms with Crippen LogP contribution in [0, 0.1) is 21.4 Å². The Morgan fingerprint density at radius 3 is 3.00 bits per heavy atom. The third kappa shape index (κ3) is 3.65. The van der Waals surface area contributed by atoms with Crippen LogP contribution in [0.1, 0.15) is 5.56 Å². The van der Waals surface area contributed by atoms with Gasteiger partial charge in [-0.3, -0.25) is 10.1 Å². The van der Waals surface area contributed by atoms with Gasteiger partial charge in [0, 0.05) is 12.7 Å². The number of aromatic nitrogens is 1. The molecular formula is C10H12N4O4. The Morgan fingerprint density at radius 1 is 1.61 bits per heavy atom. The number of nitrogens with zero attached hydrogens (tertiary/aromatic N) is 3. The summed E-state index contributed by atoms with van der Waals surface area (Å²) in [5, 5.41) is 30.8. The minimum Gasteiger partial charge on any atom is -0.394 e. The first-order chi connectivity index (χ1) is 8.70. The number of aliphatic hydroxyl groups is 1. The van der Waals surface area contributed by atoms with E-state index in [2.05, 4.69) is 10.3 Å². The molecule has 1 aromatic rings. The van der Waals surface area contributed by atoms with Crippen LogP contribution in [0.5, 0.6) is 0 Å². The summed E-state index contributed by atoms with van der Waals surface area (Å²) in [5.41, 5.74) is -0.393. The molecular weight excluding hydrogens is 240 g/mol. The highest BCUT2D eigenvalue weighted by molar-refractivity contribution is 5.63. The van der Waals surface area contributed by atoms with Crippen LogP contribution in [0.15, 0.2) is 12.3 Å². The average molecular weight is 252 g/mol. The number of hydrogen-bond donors (Lipinski definition) is 2. The quantitative estimate of drug-likeness (QED) is 0.406. The number of nitro groups is 1. The van der Waals surface area contributed by atoms with E-state index >= 15 is 0 Å². The maximum absolute atomic E-state index is 10.8. The molecule has 1 heterocycles. The second kappa shape index (κ2) is 7.16. The van der Waals surface area contributed by atoms with Crippen molar-refractivity contribution in [3.8, 4) is 6.07 Å². The van der Waals surface area contributed by atoms with Crippen LogP contribution in [0.3, 0.4) is 0 Å². The summed E-state index contributed by atoms with van der Waals surface area (Å²) in [4.78, 5) is 14.0. The van der Waals surface area contributed by atoms with Gasteiger partial charge >= 0.3 is 5.69 Å². The second-order valence-corrected chi connectivity index (χ2v) is 3.19. The van der Waals surface area contributed by atoms with E-state index in [4.69, 9.17) is 15.1 Å². The lowest BCUT2D eigenvalue weighted by Gasteiger charge is -2.06.